The highest BCUT2D eigenvalue weighted by Crippen LogP contribution is 2.39. The van der Waals surface area contributed by atoms with Crippen LogP contribution in [0.15, 0.2) is 18.3 Å². The Kier molecular flexibility index (Phi) is 6.32. The lowest BCUT2D eigenvalue weighted by atomic mass is 9.87. The Hall–Kier alpha value is -3.32. The number of nitrogens with one attached hydrogen (secondary N) is 1. The molecule has 11 heteroatoms. The van der Waals surface area contributed by atoms with Crippen LogP contribution in [0.2, 0.25) is 5.15 Å². The van der Waals surface area contributed by atoms with Crippen LogP contribution in [-0.4, -0.2) is 33.2 Å². The van der Waals surface area contributed by atoms with Crippen molar-refractivity contribution in [2.75, 3.05) is 11.9 Å². The minimum atomic E-state index is -1.20. The number of fused-ring (bicyclic) bond motifs is 1. The van der Waals surface area contributed by atoms with E-state index in [1.54, 1.807) is 0 Å². The first-order valence-corrected chi connectivity index (χ1v) is 9.84. The molecule has 1 aromatic carbocycles. The van der Waals surface area contributed by atoms with E-state index in [-0.39, 0.29) is 34.4 Å². The van der Waals surface area contributed by atoms with Crippen molar-refractivity contribution in [3.63, 3.8) is 0 Å². The van der Waals surface area contributed by atoms with Gasteiger partial charge in [-0.25, -0.2) is 18.2 Å². The summed E-state index contributed by atoms with van der Waals surface area (Å²) in [6.07, 6.45) is 1.23. The monoisotopic (exact) mass is 465 g/mol. The molecule has 1 N–H and O–H groups in total. The van der Waals surface area contributed by atoms with Crippen LogP contribution in [0.1, 0.15) is 33.3 Å². The van der Waals surface area contributed by atoms with Gasteiger partial charge in [0.05, 0.1) is 23.4 Å². The average molecular weight is 466 g/mol. The van der Waals surface area contributed by atoms with E-state index in [1.807, 2.05) is 26.8 Å². The summed E-state index contributed by atoms with van der Waals surface area (Å²) in [6, 6.07) is 2.38. The Morgan fingerprint density at radius 1 is 1.28 bits per heavy atom. The lowest BCUT2D eigenvalue weighted by Gasteiger charge is -2.32. The van der Waals surface area contributed by atoms with Crippen LogP contribution in [0.5, 0.6) is 0 Å². The van der Waals surface area contributed by atoms with Crippen molar-refractivity contribution in [1.29, 1.82) is 5.26 Å². The molecular weight excluding hydrogens is 447 g/mol. The molecule has 3 rings (SSSR count). The highest BCUT2D eigenvalue weighted by molar-refractivity contribution is 6.33. The summed E-state index contributed by atoms with van der Waals surface area (Å²) in [4.78, 5) is 15.5. The molecule has 168 valence electrons. The maximum Gasteiger partial charge on any atom is 0.302 e. The van der Waals surface area contributed by atoms with Crippen LogP contribution in [0.25, 0.3) is 16.8 Å². The Labute approximate surface area is 186 Å². The van der Waals surface area contributed by atoms with Crippen molar-refractivity contribution in [2.45, 2.75) is 33.7 Å². The number of aromatic nitrogens is 3. The second-order valence-electron chi connectivity index (χ2n) is 8.14. The van der Waals surface area contributed by atoms with Gasteiger partial charge >= 0.3 is 5.97 Å². The Bertz CT molecular complexity index is 1220. The van der Waals surface area contributed by atoms with Gasteiger partial charge in [-0.1, -0.05) is 32.4 Å². The van der Waals surface area contributed by atoms with Gasteiger partial charge in [0, 0.05) is 19.1 Å². The minimum Gasteiger partial charge on any atom is -0.464 e. The van der Waals surface area contributed by atoms with Gasteiger partial charge in [-0.2, -0.15) is 14.9 Å². The lowest BCUT2D eigenvalue weighted by molar-refractivity contribution is -0.141. The highest BCUT2D eigenvalue weighted by atomic mass is 35.5. The molecule has 3 aromatic rings. The summed E-state index contributed by atoms with van der Waals surface area (Å²) in [5.41, 5.74) is -1.23. The van der Waals surface area contributed by atoms with Crippen LogP contribution in [0.4, 0.5) is 19.0 Å². The maximum atomic E-state index is 14.7. The largest absolute Gasteiger partial charge is 0.464 e. The number of hydrogen-bond donors (Lipinski definition) is 1. The average Bonchev–Trinajstić information content (AvgIpc) is 3.07. The molecule has 7 nitrogen and oxygen atoms in total. The summed E-state index contributed by atoms with van der Waals surface area (Å²) < 4.78 is 49.3. The molecule has 0 spiro atoms. The normalized spacial score (nSPS) is 12.5. The molecule has 0 fully saturated rings. The quantitative estimate of drug-likeness (QED) is 0.432. The number of rotatable bonds is 5. The number of benzene rings is 1. The molecule has 0 saturated heterocycles. The van der Waals surface area contributed by atoms with Crippen molar-refractivity contribution >= 4 is 29.0 Å². The third-order valence-electron chi connectivity index (χ3n) is 4.79. The fourth-order valence-corrected chi connectivity index (χ4v) is 3.32. The van der Waals surface area contributed by atoms with Crippen molar-refractivity contribution in [1.82, 2.24) is 14.6 Å². The molecule has 0 aliphatic heterocycles. The van der Waals surface area contributed by atoms with Gasteiger partial charge in [-0.3, -0.25) is 4.79 Å². The van der Waals surface area contributed by atoms with Gasteiger partial charge in [0.1, 0.15) is 46.7 Å². The van der Waals surface area contributed by atoms with Crippen LogP contribution in [0, 0.1) is 34.2 Å². The number of anilines is 1. The number of esters is 1. The smallest absolute Gasteiger partial charge is 0.302 e. The van der Waals surface area contributed by atoms with E-state index in [0.717, 1.165) is 0 Å². The van der Waals surface area contributed by atoms with Crippen molar-refractivity contribution < 1.29 is 22.7 Å². The fourth-order valence-electron chi connectivity index (χ4n) is 3.05. The third kappa shape index (κ3) is 4.48. The molecule has 1 unspecified atom stereocenters. The molecule has 0 radical (unpaired) electrons. The Balaban J connectivity index is 2.32. The van der Waals surface area contributed by atoms with E-state index in [1.165, 1.54) is 17.6 Å². The van der Waals surface area contributed by atoms with Crippen LogP contribution >= 0.6 is 11.6 Å². The highest BCUT2D eigenvalue weighted by Gasteiger charge is 2.31. The van der Waals surface area contributed by atoms with Crippen molar-refractivity contribution in [3.05, 3.63) is 46.5 Å². The number of halogens is 4. The molecule has 2 aromatic heterocycles. The van der Waals surface area contributed by atoms with E-state index < -0.39 is 40.4 Å². The molecule has 0 amide bonds. The molecule has 0 bridgehead atoms. The zero-order valence-electron chi connectivity index (χ0n) is 17.6. The fraction of sp³-hybridized carbons (Fsp3) is 0.333. The first kappa shape index (κ1) is 23.3. The molecule has 2 heterocycles. The van der Waals surface area contributed by atoms with E-state index in [4.69, 9.17) is 16.3 Å². The molecule has 1 atom stereocenters. The van der Waals surface area contributed by atoms with Crippen LogP contribution < -0.4 is 5.32 Å². The molecule has 0 aliphatic rings. The SMILES string of the molecule is CC(=O)OCC(Nc1c(-c2c(F)cc(F)cc2F)c(Cl)nc2c(C#N)cnn12)C(C)(C)C. The first-order chi connectivity index (χ1) is 14.9. The first-order valence-electron chi connectivity index (χ1n) is 9.46. The summed E-state index contributed by atoms with van der Waals surface area (Å²) in [5.74, 6) is -4.02. The number of carbonyl (C=O) groups is 1. The van der Waals surface area contributed by atoms with E-state index in [2.05, 4.69) is 15.4 Å². The zero-order chi connectivity index (χ0) is 23.8. The van der Waals surface area contributed by atoms with Gasteiger partial charge in [-0.05, 0) is 5.41 Å². The topological polar surface area (TPSA) is 92.3 Å². The molecule has 32 heavy (non-hydrogen) atoms. The molecule has 0 saturated carbocycles. The van der Waals surface area contributed by atoms with Crippen molar-refractivity contribution in [3.8, 4) is 17.2 Å². The Morgan fingerprint density at radius 3 is 2.44 bits per heavy atom. The minimum absolute atomic E-state index is 0.00187. The third-order valence-corrected chi connectivity index (χ3v) is 5.06. The van der Waals surface area contributed by atoms with Gasteiger partial charge in [0.25, 0.3) is 0 Å². The van der Waals surface area contributed by atoms with Gasteiger partial charge < -0.3 is 10.1 Å². The van der Waals surface area contributed by atoms with Crippen LogP contribution in [0.3, 0.4) is 0 Å². The van der Waals surface area contributed by atoms with E-state index in [0.29, 0.717) is 12.1 Å². The number of carbonyl (C=O) groups excluding carboxylic acids is 1. The van der Waals surface area contributed by atoms with E-state index in [9.17, 15) is 23.2 Å². The van der Waals surface area contributed by atoms with Gasteiger partial charge in [0.2, 0.25) is 0 Å². The van der Waals surface area contributed by atoms with E-state index >= 15 is 0 Å². The predicted molar refractivity (Wildman–Crippen MR) is 112 cm³/mol. The lowest BCUT2D eigenvalue weighted by Crippen LogP contribution is -2.39. The van der Waals surface area contributed by atoms with Gasteiger partial charge in [0.15, 0.2) is 5.65 Å². The van der Waals surface area contributed by atoms with Gasteiger partial charge in [-0.15, -0.1) is 0 Å². The number of nitriles is 1. The molecule has 0 aliphatic carbocycles. The zero-order valence-corrected chi connectivity index (χ0v) is 18.4. The second-order valence-corrected chi connectivity index (χ2v) is 8.50. The summed E-state index contributed by atoms with van der Waals surface area (Å²) in [7, 11) is 0. The van der Waals surface area contributed by atoms with Crippen LogP contribution in [-0.2, 0) is 9.53 Å². The Morgan fingerprint density at radius 2 is 1.91 bits per heavy atom. The standard InChI is InChI=1S/C21H19ClF3N5O2/c1-10(31)32-9-15(21(2,3)4)28-20-17(16-13(24)5-12(23)6-14(16)25)18(22)29-19-11(7-26)8-27-30(19)20/h5-6,8,15,28H,9H2,1-4H3. The molecular formula is C21H19ClF3N5O2. The summed E-state index contributed by atoms with van der Waals surface area (Å²) in [6.45, 7) is 6.74. The van der Waals surface area contributed by atoms with Crippen molar-refractivity contribution in [2.24, 2.45) is 5.41 Å². The number of ether oxygens (including phenoxy) is 1. The summed E-state index contributed by atoms with van der Waals surface area (Å²) in [5, 5.41) is 16.2. The number of hydrogen-bond acceptors (Lipinski definition) is 6. The second kappa shape index (κ2) is 8.67. The number of nitrogens with zero attached hydrogens (tertiary/aromatic N) is 4. The summed E-state index contributed by atoms with van der Waals surface area (Å²) >= 11 is 6.32. The predicted octanol–water partition coefficient (Wildman–Crippen LogP) is 4.73. The maximum absolute atomic E-state index is 14.7.